The lowest BCUT2D eigenvalue weighted by Gasteiger charge is -2.33. The summed E-state index contributed by atoms with van der Waals surface area (Å²) in [6.45, 7) is 10.1. The van der Waals surface area contributed by atoms with Gasteiger partial charge in [0, 0.05) is 22.9 Å². The van der Waals surface area contributed by atoms with Crippen LogP contribution < -0.4 is 5.32 Å². The zero-order chi connectivity index (χ0) is 23.0. The van der Waals surface area contributed by atoms with E-state index in [1.54, 1.807) is 16.7 Å². The maximum Gasteiger partial charge on any atom is 0.243 e. The lowest BCUT2D eigenvalue weighted by molar-refractivity contribution is -0.140. The molecule has 0 fully saturated rings. The fraction of sp³-hybridized carbons (Fsp3) is 0.440. The summed E-state index contributed by atoms with van der Waals surface area (Å²) in [6, 6.07) is 15.1. The second kappa shape index (κ2) is 11.6. The number of amides is 2. The second-order valence-corrected chi connectivity index (χ2v) is 10.1. The summed E-state index contributed by atoms with van der Waals surface area (Å²) < 4.78 is 0. The van der Waals surface area contributed by atoms with Crippen molar-refractivity contribution in [3.05, 3.63) is 70.2 Å². The van der Waals surface area contributed by atoms with Crippen LogP contribution in [0, 0.1) is 6.92 Å². The third-order valence-electron chi connectivity index (χ3n) is 4.93. The number of nitrogens with one attached hydrogen (secondary N) is 1. The fourth-order valence-electron chi connectivity index (χ4n) is 3.29. The quantitative estimate of drug-likeness (QED) is 0.529. The minimum atomic E-state index is -0.554. The van der Waals surface area contributed by atoms with Crippen molar-refractivity contribution < 1.29 is 9.59 Å². The average molecular weight is 461 g/mol. The van der Waals surface area contributed by atoms with Crippen molar-refractivity contribution in [2.75, 3.05) is 5.75 Å². The van der Waals surface area contributed by atoms with Crippen molar-refractivity contribution in [3.63, 3.8) is 0 Å². The Morgan fingerprint density at radius 3 is 2.26 bits per heavy atom. The first kappa shape index (κ1) is 25.3. The molecule has 0 aromatic heterocycles. The highest BCUT2D eigenvalue weighted by atomic mass is 35.5. The van der Waals surface area contributed by atoms with E-state index in [0.29, 0.717) is 23.7 Å². The Kier molecular flexibility index (Phi) is 9.45. The molecule has 0 radical (unpaired) electrons. The van der Waals surface area contributed by atoms with Crippen LogP contribution in [0.15, 0.2) is 48.5 Å². The van der Waals surface area contributed by atoms with Crippen molar-refractivity contribution in [2.45, 2.75) is 64.9 Å². The molecular formula is C25H33ClN2O2S. The average Bonchev–Trinajstić information content (AvgIpc) is 2.69. The summed E-state index contributed by atoms with van der Waals surface area (Å²) in [7, 11) is 0. The molecule has 2 rings (SSSR count). The molecule has 4 nitrogen and oxygen atoms in total. The lowest BCUT2D eigenvalue weighted by Crippen LogP contribution is -2.53. The van der Waals surface area contributed by atoms with Gasteiger partial charge in [0.1, 0.15) is 6.04 Å². The molecule has 6 heteroatoms. The predicted octanol–water partition coefficient (Wildman–Crippen LogP) is 5.60. The molecule has 0 saturated carbocycles. The minimum absolute atomic E-state index is 0.0607. The first-order chi connectivity index (χ1) is 14.6. The highest BCUT2D eigenvalue weighted by Gasteiger charge is 2.30. The Bertz CT molecular complexity index is 895. The standard InChI is InChI=1S/C25H33ClN2O2S/c1-6-22(24(30)27-25(3,4)5)28(15-19-12-9-10-14-21(19)26)23(29)17-31-16-20-13-8-7-11-18(20)2/h7-14,22H,6,15-17H2,1-5H3,(H,27,30)/t22-/m1/s1. The first-order valence-corrected chi connectivity index (χ1v) is 12.1. The number of halogens is 1. The summed E-state index contributed by atoms with van der Waals surface area (Å²) in [5.74, 6) is 0.857. The van der Waals surface area contributed by atoms with Crippen LogP contribution >= 0.6 is 23.4 Å². The third kappa shape index (κ3) is 7.89. The van der Waals surface area contributed by atoms with Crippen LogP contribution in [-0.2, 0) is 21.9 Å². The van der Waals surface area contributed by atoms with Crippen LogP contribution in [0.1, 0.15) is 50.8 Å². The number of carbonyl (C=O) groups is 2. The van der Waals surface area contributed by atoms with E-state index in [1.165, 1.54) is 11.1 Å². The van der Waals surface area contributed by atoms with Crippen molar-refractivity contribution in [3.8, 4) is 0 Å². The van der Waals surface area contributed by atoms with Gasteiger partial charge in [-0.25, -0.2) is 0 Å². The highest BCUT2D eigenvalue weighted by molar-refractivity contribution is 7.99. The summed E-state index contributed by atoms with van der Waals surface area (Å²) in [4.78, 5) is 28.0. The third-order valence-corrected chi connectivity index (χ3v) is 6.26. The van der Waals surface area contributed by atoms with Gasteiger partial charge in [-0.3, -0.25) is 9.59 Å². The Balaban J connectivity index is 2.19. The molecular weight excluding hydrogens is 428 g/mol. The normalized spacial score (nSPS) is 12.3. The number of aryl methyl sites for hydroxylation is 1. The molecule has 0 saturated heterocycles. The van der Waals surface area contributed by atoms with Gasteiger partial charge >= 0.3 is 0 Å². The number of thioether (sulfide) groups is 1. The number of rotatable bonds is 9. The van der Waals surface area contributed by atoms with Crippen LogP contribution in [0.25, 0.3) is 0 Å². The molecule has 31 heavy (non-hydrogen) atoms. The maximum absolute atomic E-state index is 13.3. The van der Waals surface area contributed by atoms with Gasteiger partial charge in [0.2, 0.25) is 11.8 Å². The monoisotopic (exact) mass is 460 g/mol. The van der Waals surface area contributed by atoms with E-state index in [-0.39, 0.29) is 17.4 Å². The zero-order valence-electron chi connectivity index (χ0n) is 19.1. The van der Waals surface area contributed by atoms with Crippen molar-refractivity contribution in [1.29, 1.82) is 0 Å². The maximum atomic E-state index is 13.3. The van der Waals surface area contributed by atoms with Gasteiger partial charge in [-0.2, -0.15) is 0 Å². The molecule has 2 aromatic carbocycles. The van der Waals surface area contributed by atoms with Crippen molar-refractivity contribution in [2.24, 2.45) is 0 Å². The van der Waals surface area contributed by atoms with E-state index in [2.05, 4.69) is 24.4 Å². The van der Waals surface area contributed by atoms with Crippen LogP contribution in [0.2, 0.25) is 5.02 Å². The lowest BCUT2D eigenvalue weighted by atomic mass is 10.1. The topological polar surface area (TPSA) is 49.4 Å². The van der Waals surface area contributed by atoms with Gasteiger partial charge in [-0.05, 0) is 56.9 Å². The number of nitrogens with zero attached hydrogens (tertiary/aromatic N) is 1. The second-order valence-electron chi connectivity index (χ2n) is 8.70. The van der Waals surface area contributed by atoms with E-state index in [9.17, 15) is 9.59 Å². The number of carbonyl (C=O) groups excluding carboxylic acids is 2. The van der Waals surface area contributed by atoms with E-state index in [0.717, 1.165) is 11.3 Å². The molecule has 0 bridgehead atoms. The Morgan fingerprint density at radius 1 is 1.06 bits per heavy atom. The summed E-state index contributed by atoms with van der Waals surface area (Å²) in [6.07, 6.45) is 0.528. The molecule has 1 atom stereocenters. The Hall–Kier alpha value is -1.98. The largest absolute Gasteiger partial charge is 0.350 e. The Labute approximate surface area is 195 Å². The summed E-state index contributed by atoms with van der Waals surface area (Å²) in [5, 5.41) is 3.62. The van der Waals surface area contributed by atoms with Gasteiger partial charge in [-0.15, -0.1) is 11.8 Å². The predicted molar refractivity (Wildman–Crippen MR) is 131 cm³/mol. The molecule has 0 aliphatic rings. The van der Waals surface area contributed by atoms with Crippen molar-refractivity contribution >= 4 is 35.2 Å². The highest BCUT2D eigenvalue weighted by Crippen LogP contribution is 2.22. The molecule has 0 aliphatic heterocycles. The van der Waals surface area contributed by atoms with Crippen LogP contribution in [-0.4, -0.2) is 34.0 Å². The SMILES string of the molecule is CC[C@H](C(=O)NC(C)(C)C)N(Cc1ccccc1Cl)C(=O)CSCc1ccccc1C. The van der Waals surface area contributed by atoms with Gasteiger partial charge < -0.3 is 10.2 Å². The molecule has 1 N–H and O–H groups in total. The molecule has 2 amide bonds. The number of benzene rings is 2. The van der Waals surface area contributed by atoms with Crippen molar-refractivity contribution in [1.82, 2.24) is 10.2 Å². The molecule has 0 unspecified atom stereocenters. The summed E-state index contributed by atoms with van der Waals surface area (Å²) >= 11 is 7.93. The van der Waals surface area contributed by atoms with E-state index >= 15 is 0 Å². The van der Waals surface area contributed by atoms with E-state index in [1.807, 2.05) is 64.1 Å². The molecule has 168 valence electrons. The van der Waals surface area contributed by atoms with Gasteiger partial charge in [0.25, 0.3) is 0 Å². The fourth-order valence-corrected chi connectivity index (χ4v) is 4.47. The van der Waals surface area contributed by atoms with Crippen LogP contribution in [0.5, 0.6) is 0 Å². The molecule has 2 aromatic rings. The number of hydrogen-bond donors (Lipinski definition) is 1. The smallest absolute Gasteiger partial charge is 0.243 e. The summed E-state index contributed by atoms with van der Waals surface area (Å²) in [5.41, 5.74) is 2.90. The minimum Gasteiger partial charge on any atom is -0.350 e. The van der Waals surface area contributed by atoms with Crippen LogP contribution in [0.3, 0.4) is 0 Å². The zero-order valence-corrected chi connectivity index (χ0v) is 20.6. The first-order valence-electron chi connectivity index (χ1n) is 10.6. The van der Waals surface area contributed by atoms with Gasteiger partial charge in [0.15, 0.2) is 0 Å². The van der Waals surface area contributed by atoms with E-state index < -0.39 is 6.04 Å². The van der Waals surface area contributed by atoms with Gasteiger partial charge in [-0.1, -0.05) is 61.0 Å². The van der Waals surface area contributed by atoms with Crippen LogP contribution in [0.4, 0.5) is 0 Å². The molecule has 0 heterocycles. The van der Waals surface area contributed by atoms with Gasteiger partial charge in [0.05, 0.1) is 5.75 Å². The molecule has 0 spiro atoms. The molecule has 0 aliphatic carbocycles. The number of hydrogen-bond acceptors (Lipinski definition) is 3. The van der Waals surface area contributed by atoms with E-state index in [4.69, 9.17) is 11.6 Å². The Morgan fingerprint density at radius 2 is 1.68 bits per heavy atom.